The molecule has 0 aliphatic carbocycles. The van der Waals surface area contributed by atoms with Crippen LogP contribution in [0, 0.1) is 12.7 Å². The van der Waals surface area contributed by atoms with E-state index in [0.717, 1.165) is 5.75 Å². The van der Waals surface area contributed by atoms with Gasteiger partial charge in [-0.05, 0) is 55.7 Å². The fraction of sp³-hybridized carbons (Fsp3) is 0.294. The van der Waals surface area contributed by atoms with Crippen LogP contribution in [0.3, 0.4) is 0 Å². The molecule has 2 nitrogen and oxygen atoms in total. The number of rotatable bonds is 4. The summed E-state index contributed by atoms with van der Waals surface area (Å²) < 4.78 is 19.0. The lowest BCUT2D eigenvalue weighted by Crippen LogP contribution is -2.23. The van der Waals surface area contributed by atoms with Gasteiger partial charge in [-0.25, -0.2) is 4.39 Å². The van der Waals surface area contributed by atoms with Crippen LogP contribution in [0.2, 0.25) is 0 Å². The summed E-state index contributed by atoms with van der Waals surface area (Å²) in [6, 6.07) is 12.0. The van der Waals surface area contributed by atoms with Crippen molar-refractivity contribution < 1.29 is 14.2 Å². The SMILES string of the molecule is CCOc1ccc(C(C)(O)c2ccc(C)c(F)c2)cc1. The maximum atomic E-state index is 13.7. The number of hydrogen-bond acceptors (Lipinski definition) is 2. The average molecular weight is 274 g/mol. The molecule has 0 bridgehead atoms. The van der Waals surface area contributed by atoms with Gasteiger partial charge >= 0.3 is 0 Å². The van der Waals surface area contributed by atoms with E-state index in [-0.39, 0.29) is 5.82 Å². The predicted molar refractivity (Wildman–Crippen MR) is 77.4 cm³/mol. The molecule has 0 saturated carbocycles. The lowest BCUT2D eigenvalue weighted by molar-refractivity contribution is 0.102. The summed E-state index contributed by atoms with van der Waals surface area (Å²) in [7, 11) is 0. The van der Waals surface area contributed by atoms with Gasteiger partial charge in [-0.3, -0.25) is 0 Å². The van der Waals surface area contributed by atoms with E-state index in [1.54, 1.807) is 50.2 Å². The second kappa shape index (κ2) is 5.63. The molecule has 0 amide bonds. The Morgan fingerprint density at radius 1 is 1.10 bits per heavy atom. The Labute approximate surface area is 118 Å². The molecule has 1 N–H and O–H groups in total. The summed E-state index contributed by atoms with van der Waals surface area (Å²) >= 11 is 0. The van der Waals surface area contributed by atoms with Crippen molar-refractivity contribution >= 4 is 0 Å². The van der Waals surface area contributed by atoms with Crippen LogP contribution in [0.4, 0.5) is 4.39 Å². The second-order valence-corrected chi connectivity index (χ2v) is 4.99. The monoisotopic (exact) mass is 274 g/mol. The van der Waals surface area contributed by atoms with Crippen LogP contribution in [0.5, 0.6) is 5.75 Å². The Hall–Kier alpha value is -1.87. The largest absolute Gasteiger partial charge is 0.494 e. The number of aryl methyl sites for hydroxylation is 1. The molecule has 2 aromatic rings. The predicted octanol–water partition coefficient (Wildman–Crippen LogP) is 3.79. The van der Waals surface area contributed by atoms with Crippen molar-refractivity contribution in [1.82, 2.24) is 0 Å². The smallest absolute Gasteiger partial charge is 0.126 e. The summed E-state index contributed by atoms with van der Waals surface area (Å²) in [6.45, 7) is 5.87. The van der Waals surface area contributed by atoms with Gasteiger partial charge in [0.2, 0.25) is 0 Å². The van der Waals surface area contributed by atoms with Gasteiger partial charge in [0.1, 0.15) is 17.2 Å². The van der Waals surface area contributed by atoms with Gasteiger partial charge in [0.15, 0.2) is 0 Å². The number of halogens is 1. The van der Waals surface area contributed by atoms with Crippen molar-refractivity contribution in [2.75, 3.05) is 6.61 Å². The van der Waals surface area contributed by atoms with Gasteiger partial charge in [-0.2, -0.15) is 0 Å². The Morgan fingerprint density at radius 3 is 2.25 bits per heavy atom. The highest BCUT2D eigenvalue weighted by molar-refractivity contribution is 5.39. The Bertz CT molecular complexity index is 588. The van der Waals surface area contributed by atoms with Gasteiger partial charge < -0.3 is 9.84 Å². The second-order valence-electron chi connectivity index (χ2n) is 4.99. The molecule has 20 heavy (non-hydrogen) atoms. The summed E-state index contributed by atoms with van der Waals surface area (Å²) in [4.78, 5) is 0. The molecule has 3 heteroatoms. The third-order valence-corrected chi connectivity index (χ3v) is 3.46. The number of benzene rings is 2. The average Bonchev–Trinajstić information content (AvgIpc) is 2.43. The zero-order valence-corrected chi connectivity index (χ0v) is 12.0. The van der Waals surface area contributed by atoms with E-state index >= 15 is 0 Å². The highest BCUT2D eigenvalue weighted by atomic mass is 19.1. The molecule has 0 radical (unpaired) electrons. The molecular formula is C17H19FO2. The van der Waals surface area contributed by atoms with E-state index in [1.807, 2.05) is 6.92 Å². The molecule has 0 aromatic heterocycles. The van der Waals surface area contributed by atoms with Crippen molar-refractivity contribution in [2.45, 2.75) is 26.4 Å². The summed E-state index contributed by atoms with van der Waals surface area (Å²) in [6.07, 6.45) is 0. The maximum Gasteiger partial charge on any atom is 0.126 e. The van der Waals surface area contributed by atoms with Gasteiger partial charge in [-0.15, -0.1) is 0 Å². The minimum Gasteiger partial charge on any atom is -0.494 e. The first-order chi connectivity index (χ1) is 9.45. The standard InChI is InChI=1S/C17H19FO2/c1-4-20-15-9-7-13(8-10-15)17(3,19)14-6-5-12(2)16(18)11-14/h5-11,19H,4H2,1-3H3. The highest BCUT2D eigenvalue weighted by Crippen LogP contribution is 2.31. The fourth-order valence-electron chi connectivity index (χ4n) is 2.10. The summed E-state index contributed by atoms with van der Waals surface area (Å²) in [5.74, 6) is 0.441. The molecule has 0 spiro atoms. The maximum absolute atomic E-state index is 13.7. The van der Waals surface area contributed by atoms with Crippen LogP contribution >= 0.6 is 0 Å². The molecule has 1 atom stereocenters. The molecule has 0 saturated heterocycles. The summed E-state index contributed by atoms with van der Waals surface area (Å²) in [5.41, 5.74) is 0.560. The van der Waals surface area contributed by atoms with Crippen LogP contribution in [-0.2, 0) is 5.60 Å². The quantitative estimate of drug-likeness (QED) is 0.919. The molecule has 0 fully saturated rings. The highest BCUT2D eigenvalue weighted by Gasteiger charge is 2.26. The first-order valence-corrected chi connectivity index (χ1v) is 6.67. The lowest BCUT2D eigenvalue weighted by Gasteiger charge is -2.25. The Balaban J connectivity index is 2.35. The van der Waals surface area contributed by atoms with Crippen molar-refractivity contribution in [2.24, 2.45) is 0 Å². The minimum absolute atomic E-state index is 0.311. The fourth-order valence-corrected chi connectivity index (χ4v) is 2.10. The molecule has 106 valence electrons. The lowest BCUT2D eigenvalue weighted by atomic mass is 9.88. The van der Waals surface area contributed by atoms with Gasteiger partial charge in [0.05, 0.1) is 6.61 Å². The molecule has 0 aliphatic rings. The first kappa shape index (κ1) is 14.5. The van der Waals surface area contributed by atoms with Crippen molar-refractivity contribution in [3.63, 3.8) is 0 Å². The van der Waals surface area contributed by atoms with Crippen LogP contribution in [0.1, 0.15) is 30.5 Å². The van der Waals surface area contributed by atoms with Crippen LogP contribution in [0.25, 0.3) is 0 Å². The van der Waals surface area contributed by atoms with Crippen LogP contribution in [0.15, 0.2) is 42.5 Å². The molecular weight excluding hydrogens is 255 g/mol. The van der Waals surface area contributed by atoms with Crippen molar-refractivity contribution in [3.05, 3.63) is 65.0 Å². The third-order valence-electron chi connectivity index (χ3n) is 3.46. The van der Waals surface area contributed by atoms with E-state index in [2.05, 4.69) is 0 Å². The van der Waals surface area contributed by atoms with E-state index in [9.17, 15) is 9.50 Å². The number of ether oxygens (including phenoxy) is 1. The van der Waals surface area contributed by atoms with Crippen molar-refractivity contribution in [1.29, 1.82) is 0 Å². The normalized spacial score (nSPS) is 13.8. The Kier molecular flexibility index (Phi) is 4.09. The first-order valence-electron chi connectivity index (χ1n) is 6.67. The zero-order valence-electron chi connectivity index (χ0n) is 12.0. The van der Waals surface area contributed by atoms with Crippen LogP contribution in [-0.4, -0.2) is 11.7 Å². The van der Waals surface area contributed by atoms with Gasteiger partial charge in [0, 0.05) is 0 Å². The molecule has 1 unspecified atom stereocenters. The van der Waals surface area contributed by atoms with E-state index in [4.69, 9.17) is 4.74 Å². The third kappa shape index (κ3) is 2.83. The molecule has 0 aliphatic heterocycles. The van der Waals surface area contributed by atoms with Gasteiger partial charge in [0.25, 0.3) is 0 Å². The molecule has 0 heterocycles. The van der Waals surface area contributed by atoms with E-state index in [0.29, 0.717) is 23.3 Å². The van der Waals surface area contributed by atoms with Gasteiger partial charge in [-0.1, -0.05) is 24.3 Å². The number of hydrogen-bond donors (Lipinski definition) is 1. The Morgan fingerprint density at radius 2 is 1.70 bits per heavy atom. The topological polar surface area (TPSA) is 29.5 Å². The number of aliphatic hydroxyl groups is 1. The summed E-state index contributed by atoms with van der Waals surface area (Å²) in [5, 5.41) is 10.7. The molecule has 2 rings (SSSR count). The minimum atomic E-state index is -1.24. The van der Waals surface area contributed by atoms with Crippen LogP contribution < -0.4 is 4.74 Å². The zero-order chi connectivity index (χ0) is 14.8. The van der Waals surface area contributed by atoms with Crippen molar-refractivity contribution in [3.8, 4) is 5.75 Å². The van der Waals surface area contributed by atoms with E-state index in [1.165, 1.54) is 6.07 Å². The molecule has 2 aromatic carbocycles. The van der Waals surface area contributed by atoms with E-state index < -0.39 is 5.60 Å².